The quantitative estimate of drug-likeness (QED) is 0.520. The lowest BCUT2D eigenvalue weighted by atomic mass is 10.1. The maximum Gasteiger partial charge on any atom is 0.342 e. The van der Waals surface area contributed by atoms with Crippen LogP contribution in [0, 0.1) is 0 Å². The highest BCUT2D eigenvalue weighted by atomic mass is 35.5. The van der Waals surface area contributed by atoms with Crippen LogP contribution in [0.2, 0.25) is 5.02 Å². The summed E-state index contributed by atoms with van der Waals surface area (Å²) < 4.78 is 10.7. The van der Waals surface area contributed by atoms with Crippen molar-refractivity contribution in [1.82, 2.24) is 10.2 Å². The molecule has 4 rings (SSSR count). The van der Waals surface area contributed by atoms with Crippen molar-refractivity contribution in [2.75, 3.05) is 0 Å². The molecule has 0 atom stereocenters. The minimum absolute atomic E-state index is 0.0751. The first kappa shape index (κ1) is 17.1. The average molecular weight is 381 g/mol. The summed E-state index contributed by atoms with van der Waals surface area (Å²) in [4.78, 5) is 12.3. The predicted octanol–water partition coefficient (Wildman–Crippen LogP) is 4.61. The number of hydrogen-bond donors (Lipinski definition) is 1. The van der Waals surface area contributed by atoms with Crippen LogP contribution in [0.1, 0.15) is 16.2 Å². The van der Waals surface area contributed by atoms with E-state index in [2.05, 4.69) is 10.2 Å². The Kier molecular flexibility index (Phi) is 4.48. The van der Waals surface area contributed by atoms with E-state index in [0.29, 0.717) is 16.5 Å². The average Bonchev–Trinajstić information content (AvgIpc) is 3.15. The molecule has 0 aliphatic rings. The summed E-state index contributed by atoms with van der Waals surface area (Å²) in [6, 6.07) is 17.4. The molecule has 27 heavy (non-hydrogen) atoms. The molecule has 1 N–H and O–H groups in total. The molecule has 0 spiro atoms. The first-order chi connectivity index (χ1) is 13.1. The van der Waals surface area contributed by atoms with Crippen molar-refractivity contribution in [3.63, 3.8) is 0 Å². The number of aromatic nitrogens is 2. The monoisotopic (exact) mass is 380 g/mol. The second-order valence-electron chi connectivity index (χ2n) is 5.80. The van der Waals surface area contributed by atoms with Crippen LogP contribution in [0.25, 0.3) is 22.2 Å². The van der Waals surface area contributed by atoms with Gasteiger partial charge in [0.05, 0.1) is 0 Å². The number of aromatic hydroxyl groups is 1. The van der Waals surface area contributed by atoms with Crippen LogP contribution < -0.4 is 0 Å². The lowest BCUT2D eigenvalue weighted by molar-refractivity contribution is 0.0435. The van der Waals surface area contributed by atoms with E-state index < -0.39 is 5.97 Å². The number of halogens is 1. The maximum absolute atomic E-state index is 12.3. The summed E-state index contributed by atoms with van der Waals surface area (Å²) in [6.45, 7) is -0.203. The fourth-order valence-corrected chi connectivity index (χ4v) is 2.74. The third-order valence-corrected chi connectivity index (χ3v) is 4.22. The van der Waals surface area contributed by atoms with Gasteiger partial charge in [0.15, 0.2) is 6.61 Å². The van der Waals surface area contributed by atoms with Gasteiger partial charge < -0.3 is 14.3 Å². The van der Waals surface area contributed by atoms with Crippen molar-refractivity contribution >= 4 is 28.3 Å². The molecule has 0 saturated carbocycles. The van der Waals surface area contributed by atoms with Gasteiger partial charge in [-0.1, -0.05) is 35.9 Å². The standard InChI is InChI=1S/C20H13ClN2O4/c21-15-7-5-12(6-8-15)19-23-22-18(27-19)11-26-20(25)16-9-13-3-1-2-4-14(13)10-17(16)24/h1-10,24H,11H2. The van der Waals surface area contributed by atoms with Crippen LogP contribution in [0.3, 0.4) is 0 Å². The Bertz CT molecular complexity index is 1120. The Morgan fingerprint density at radius 2 is 1.74 bits per heavy atom. The highest BCUT2D eigenvalue weighted by Crippen LogP contribution is 2.26. The van der Waals surface area contributed by atoms with Crippen LogP contribution in [-0.4, -0.2) is 21.3 Å². The molecule has 0 aliphatic carbocycles. The fourth-order valence-electron chi connectivity index (χ4n) is 2.62. The van der Waals surface area contributed by atoms with Crippen LogP contribution in [0.5, 0.6) is 5.75 Å². The molecule has 0 saturated heterocycles. The molecule has 1 aromatic heterocycles. The molecule has 7 heteroatoms. The summed E-state index contributed by atoms with van der Waals surface area (Å²) in [5.41, 5.74) is 0.780. The van der Waals surface area contributed by atoms with Gasteiger partial charge >= 0.3 is 5.97 Å². The van der Waals surface area contributed by atoms with Gasteiger partial charge in [-0.15, -0.1) is 10.2 Å². The van der Waals surface area contributed by atoms with E-state index in [1.807, 2.05) is 24.3 Å². The summed E-state index contributed by atoms with van der Waals surface area (Å²) in [5.74, 6) is -0.379. The van der Waals surface area contributed by atoms with E-state index in [9.17, 15) is 9.90 Å². The normalized spacial score (nSPS) is 10.9. The number of nitrogens with zero attached hydrogens (tertiary/aromatic N) is 2. The van der Waals surface area contributed by atoms with Crippen LogP contribution in [0.15, 0.2) is 65.1 Å². The van der Waals surface area contributed by atoms with Gasteiger partial charge in [0.1, 0.15) is 11.3 Å². The molecule has 1 heterocycles. The van der Waals surface area contributed by atoms with E-state index in [-0.39, 0.29) is 23.8 Å². The van der Waals surface area contributed by atoms with Gasteiger partial charge in [0.2, 0.25) is 5.89 Å². The SMILES string of the molecule is O=C(OCc1nnc(-c2ccc(Cl)cc2)o1)c1cc2ccccc2cc1O. The van der Waals surface area contributed by atoms with Gasteiger partial charge in [0.25, 0.3) is 5.89 Å². The third-order valence-electron chi connectivity index (χ3n) is 3.97. The van der Waals surface area contributed by atoms with Gasteiger partial charge in [0, 0.05) is 10.6 Å². The molecule has 0 radical (unpaired) electrons. The Morgan fingerprint density at radius 3 is 2.48 bits per heavy atom. The number of phenolic OH excluding ortho intramolecular Hbond substituents is 1. The lowest BCUT2D eigenvalue weighted by Gasteiger charge is -2.06. The topological polar surface area (TPSA) is 85.5 Å². The Balaban J connectivity index is 1.48. The van der Waals surface area contributed by atoms with Crippen LogP contribution >= 0.6 is 11.6 Å². The summed E-state index contributed by atoms with van der Waals surface area (Å²) in [7, 11) is 0. The zero-order valence-electron chi connectivity index (χ0n) is 13.9. The van der Waals surface area contributed by atoms with E-state index >= 15 is 0 Å². The first-order valence-electron chi connectivity index (χ1n) is 8.07. The zero-order valence-corrected chi connectivity index (χ0v) is 14.7. The largest absolute Gasteiger partial charge is 0.507 e. The van der Waals surface area contributed by atoms with E-state index in [1.165, 1.54) is 6.07 Å². The van der Waals surface area contributed by atoms with Crippen LogP contribution in [0.4, 0.5) is 0 Å². The molecule has 0 aliphatic heterocycles. The minimum Gasteiger partial charge on any atom is -0.507 e. The second-order valence-corrected chi connectivity index (χ2v) is 6.24. The molecular weight excluding hydrogens is 368 g/mol. The minimum atomic E-state index is -0.676. The lowest BCUT2D eigenvalue weighted by Crippen LogP contribution is -2.06. The van der Waals surface area contributed by atoms with E-state index in [4.69, 9.17) is 20.8 Å². The zero-order chi connectivity index (χ0) is 18.8. The number of rotatable bonds is 4. The predicted molar refractivity (Wildman–Crippen MR) is 99.5 cm³/mol. The van der Waals surface area contributed by atoms with Gasteiger partial charge in [-0.25, -0.2) is 4.79 Å². The number of phenols is 1. The fraction of sp³-hybridized carbons (Fsp3) is 0.0500. The van der Waals surface area contributed by atoms with Crippen molar-refractivity contribution in [3.8, 4) is 17.2 Å². The van der Waals surface area contributed by atoms with Crippen molar-refractivity contribution < 1.29 is 19.1 Å². The molecule has 0 bridgehead atoms. The van der Waals surface area contributed by atoms with Gasteiger partial charge in [-0.05, 0) is 47.2 Å². The number of carbonyl (C=O) groups excluding carboxylic acids is 1. The van der Waals surface area contributed by atoms with E-state index in [0.717, 1.165) is 10.8 Å². The highest BCUT2D eigenvalue weighted by molar-refractivity contribution is 6.30. The summed E-state index contributed by atoms with van der Waals surface area (Å²) >= 11 is 5.85. The number of esters is 1. The molecule has 3 aromatic carbocycles. The summed E-state index contributed by atoms with van der Waals surface area (Å²) in [6.07, 6.45) is 0. The van der Waals surface area contributed by atoms with Gasteiger partial charge in [-0.2, -0.15) is 0 Å². The van der Waals surface area contributed by atoms with Gasteiger partial charge in [-0.3, -0.25) is 0 Å². The maximum atomic E-state index is 12.3. The highest BCUT2D eigenvalue weighted by Gasteiger charge is 2.16. The van der Waals surface area contributed by atoms with Crippen molar-refractivity contribution in [2.24, 2.45) is 0 Å². The molecule has 6 nitrogen and oxygen atoms in total. The molecule has 0 amide bonds. The number of benzene rings is 3. The van der Waals surface area contributed by atoms with Crippen molar-refractivity contribution in [1.29, 1.82) is 0 Å². The summed E-state index contributed by atoms with van der Waals surface area (Å²) in [5, 5.41) is 20.1. The Hall–Kier alpha value is -3.38. The molecule has 134 valence electrons. The first-order valence-corrected chi connectivity index (χ1v) is 8.45. The third kappa shape index (κ3) is 3.61. The molecular formula is C20H13ClN2O4. The number of fused-ring (bicyclic) bond motifs is 1. The molecule has 0 fully saturated rings. The van der Waals surface area contributed by atoms with Crippen molar-refractivity contribution in [2.45, 2.75) is 6.61 Å². The second kappa shape index (κ2) is 7.09. The Morgan fingerprint density at radius 1 is 1.04 bits per heavy atom. The number of ether oxygens (including phenoxy) is 1. The van der Waals surface area contributed by atoms with E-state index in [1.54, 1.807) is 30.3 Å². The molecule has 4 aromatic rings. The van der Waals surface area contributed by atoms with Crippen LogP contribution in [-0.2, 0) is 11.3 Å². The Labute approximate surface area is 159 Å². The number of carbonyl (C=O) groups is 1. The van der Waals surface area contributed by atoms with Crippen molar-refractivity contribution in [3.05, 3.63) is 77.1 Å². The molecule has 0 unspecified atom stereocenters. The number of hydrogen-bond acceptors (Lipinski definition) is 6. The smallest absolute Gasteiger partial charge is 0.342 e.